The second-order valence-electron chi connectivity index (χ2n) is 4.54. The highest BCUT2D eigenvalue weighted by Crippen LogP contribution is 2.28. The lowest BCUT2D eigenvalue weighted by Crippen LogP contribution is -2.20. The Bertz CT molecular complexity index is 740. The number of benzene rings is 2. The van der Waals surface area contributed by atoms with E-state index in [-0.39, 0.29) is 11.3 Å². The highest BCUT2D eigenvalue weighted by atomic mass is 127. The molecule has 0 saturated heterocycles. The van der Waals surface area contributed by atoms with E-state index in [9.17, 15) is 18.0 Å². The van der Waals surface area contributed by atoms with Crippen molar-refractivity contribution in [2.45, 2.75) is 6.18 Å². The smallest absolute Gasteiger partial charge is 0.335 e. The molecule has 2 aromatic rings. The summed E-state index contributed by atoms with van der Waals surface area (Å²) >= 11 is 7.67. The Morgan fingerprint density at radius 1 is 1.21 bits per heavy atom. The van der Waals surface area contributed by atoms with Gasteiger partial charge in [0.1, 0.15) is 0 Å². The van der Waals surface area contributed by atoms with Crippen LogP contribution in [0.3, 0.4) is 0 Å². The van der Waals surface area contributed by atoms with Gasteiger partial charge in [-0.05, 0) is 52.9 Å². The maximum atomic E-state index is 12.3. The zero-order valence-electron chi connectivity index (χ0n) is 11.9. The minimum absolute atomic E-state index is 0.0315. The monoisotopic (exact) mass is 471 g/mol. The van der Waals surface area contributed by atoms with Gasteiger partial charge in [0.25, 0.3) is 5.91 Å². The number of hydrogen-bond donors (Lipinski definition) is 1. The summed E-state index contributed by atoms with van der Waals surface area (Å²) in [4.78, 5) is 21.2. The fourth-order valence-electron chi connectivity index (χ4n) is 1.69. The molecule has 2 rings (SSSR count). The lowest BCUT2D eigenvalue weighted by Gasteiger charge is -2.13. The third kappa shape index (κ3) is 5.53. The van der Waals surface area contributed by atoms with E-state index in [1.807, 2.05) is 22.6 Å². The quantitative estimate of drug-likeness (QED) is 0.376. The molecule has 1 amide bonds. The molecule has 0 aromatic heterocycles. The second-order valence-corrected chi connectivity index (χ2v) is 6.14. The van der Waals surface area contributed by atoms with Crippen LogP contribution in [-0.4, -0.2) is 18.7 Å². The molecule has 0 saturated carbocycles. The van der Waals surface area contributed by atoms with Crippen LogP contribution in [0.25, 0.3) is 0 Å². The van der Waals surface area contributed by atoms with Gasteiger partial charge >= 0.3 is 6.18 Å². The van der Waals surface area contributed by atoms with Gasteiger partial charge in [-0.2, -0.15) is 18.1 Å². The first-order valence-corrected chi connectivity index (χ1v) is 7.93. The third-order valence-corrected chi connectivity index (χ3v) is 3.74. The number of carbonyl (C=O) groups excluding carboxylic acids is 1. The summed E-state index contributed by atoms with van der Waals surface area (Å²) < 4.78 is 36.9. The summed E-state index contributed by atoms with van der Waals surface area (Å²) in [5, 5.41) is 3.02. The average molecular weight is 472 g/mol. The molecule has 0 atom stereocenters. The highest BCUT2D eigenvalue weighted by Gasteiger charge is 2.29. The Labute approximate surface area is 154 Å². The summed E-state index contributed by atoms with van der Waals surface area (Å²) in [6.07, 6.45) is -4.54. The maximum Gasteiger partial charge on any atom is 0.415 e. The van der Waals surface area contributed by atoms with Crippen molar-refractivity contribution in [2.75, 3.05) is 11.9 Å². The maximum absolute atomic E-state index is 12.3. The first-order valence-electron chi connectivity index (χ1n) is 6.48. The molecule has 0 spiro atoms. The first-order chi connectivity index (χ1) is 11.3. The third-order valence-electron chi connectivity index (χ3n) is 2.66. The number of carbonyl (C=O) groups is 1. The number of alkyl halides is 3. The summed E-state index contributed by atoms with van der Waals surface area (Å²) in [7, 11) is 0. The largest absolute Gasteiger partial charge is 0.415 e. The van der Waals surface area contributed by atoms with Crippen LogP contribution in [0.15, 0.2) is 42.5 Å². The van der Waals surface area contributed by atoms with Crippen LogP contribution < -0.4 is 10.2 Å². The highest BCUT2D eigenvalue weighted by molar-refractivity contribution is 14.1. The molecule has 4 nitrogen and oxygen atoms in total. The number of halogens is 5. The van der Waals surface area contributed by atoms with Crippen LogP contribution in [0.5, 0.6) is 5.75 Å². The average Bonchev–Trinajstić information content (AvgIpc) is 2.47. The van der Waals surface area contributed by atoms with E-state index < -0.39 is 18.7 Å². The summed E-state index contributed by atoms with van der Waals surface area (Å²) in [6, 6.07) is 11.0. The second kappa shape index (κ2) is 8.04. The standard InChI is InChI=1S/C15H10ClF3INO3/c16-9-3-1-4-10(7-9)21-14(22)11-5-2-6-12(20)13(11)24-23-8-15(17,18)19/h1-7H,8H2,(H,21,22). The van der Waals surface area contributed by atoms with Crippen LogP contribution in [0.1, 0.15) is 10.4 Å². The lowest BCUT2D eigenvalue weighted by atomic mass is 10.2. The summed E-state index contributed by atoms with van der Waals surface area (Å²) in [5.74, 6) is -0.664. The Balaban J connectivity index is 2.17. The molecule has 0 radical (unpaired) electrons. The van der Waals surface area contributed by atoms with Gasteiger partial charge in [0.15, 0.2) is 12.4 Å². The van der Waals surface area contributed by atoms with E-state index in [2.05, 4.69) is 10.2 Å². The van der Waals surface area contributed by atoms with E-state index in [1.54, 1.807) is 30.3 Å². The van der Waals surface area contributed by atoms with Crippen molar-refractivity contribution in [1.82, 2.24) is 0 Å². The Hall–Kier alpha value is -1.52. The molecular weight excluding hydrogens is 462 g/mol. The Kier molecular flexibility index (Phi) is 6.30. The number of amides is 1. The van der Waals surface area contributed by atoms with Crippen molar-refractivity contribution in [2.24, 2.45) is 0 Å². The molecule has 0 aliphatic heterocycles. The van der Waals surface area contributed by atoms with Gasteiger partial charge in [0.05, 0.1) is 9.13 Å². The molecule has 1 N–H and O–H groups in total. The molecule has 9 heteroatoms. The van der Waals surface area contributed by atoms with Crippen LogP contribution in [0.4, 0.5) is 18.9 Å². The SMILES string of the molecule is O=C(Nc1cccc(Cl)c1)c1cccc(I)c1OOCC(F)(F)F. The summed E-state index contributed by atoms with van der Waals surface area (Å²) in [6.45, 7) is -1.59. The van der Waals surface area contributed by atoms with E-state index in [0.717, 1.165) is 0 Å². The molecule has 0 bridgehead atoms. The van der Waals surface area contributed by atoms with Gasteiger partial charge < -0.3 is 10.2 Å². The van der Waals surface area contributed by atoms with Crippen molar-refractivity contribution in [3.05, 3.63) is 56.6 Å². The predicted octanol–water partition coefficient (Wildman–Crippen LogP) is 5.07. The summed E-state index contributed by atoms with van der Waals surface area (Å²) in [5.41, 5.74) is 0.470. The minimum Gasteiger partial charge on any atom is -0.335 e. The zero-order valence-corrected chi connectivity index (χ0v) is 14.8. The van der Waals surface area contributed by atoms with E-state index in [0.29, 0.717) is 14.3 Å². The van der Waals surface area contributed by atoms with Gasteiger partial charge in [-0.25, -0.2) is 0 Å². The van der Waals surface area contributed by atoms with Crippen molar-refractivity contribution in [3.63, 3.8) is 0 Å². The van der Waals surface area contributed by atoms with E-state index in [4.69, 9.17) is 16.5 Å². The van der Waals surface area contributed by atoms with Crippen LogP contribution >= 0.6 is 34.2 Å². The van der Waals surface area contributed by atoms with Crippen molar-refractivity contribution < 1.29 is 27.7 Å². The molecule has 0 aliphatic carbocycles. The lowest BCUT2D eigenvalue weighted by molar-refractivity contribution is -0.283. The number of nitrogens with one attached hydrogen (secondary N) is 1. The predicted molar refractivity (Wildman–Crippen MR) is 91.2 cm³/mol. The van der Waals surface area contributed by atoms with Crippen LogP contribution in [-0.2, 0) is 4.89 Å². The van der Waals surface area contributed by atoms with Crippen molar-refractivity contribution in [3.8, 4) is 5.75 Å². The van der Waals surface area contributed by atoms with Gasteiger partial charge in [0, 0.05) is 10.7 Å². The van der Waals surface area contributed by atoms with Gasteiger partial charge in [-0.3, -0.25) is 4.79 Å². The fraction of sp³-hybridized carbons (Fsp3) is 0.133. The molecule has 0 fully saturated rings. The van der Waals surface area contributed by atoms with E-state index in [1.165, 1.54) is 12.1 Å². The first kappa shape index (κ1) is 18.8. The number of para-hydroxylation sites is 1. The molecule has 0 aliphatic rings. The molecule has 0 unspecified atom stereocenters. The number of rotatable bonds is 5. The van der Waals surface area contributed by atoms with Crippen molar-refractivity contribution in [1.29, 1.82) is 0 Å². The minimum atomic E-state index is -4.54. The molecule has 2 aromatic carbocycles. The van der Waals surface area contributed by atoms with E-state index >= 15 is 0 Å². The van der Waals surface area contributed by atoms with Gasteiger partial charge in [-0.1, -0.05) is 23.7 Å². The van der Waals surface area contributed by atoms with Gasteiger partial charge in [-0.15, -0.1) is 0 Å². The van der Waals surface area contributed by atoms with Crippen molar-refractivity contribution >= 4 is 45.8 Å². The number of hydrogen-bond acceptors (Lipinski definition) is 3. The van der Waals surface area contributed by atoms with Gasteiger partial charge in [0.2, 0.25) is 0 Å². The number of anilines is 1. The zero-order chi connectivity index (χ0) is 17.7. The molecule has 0 heterocycles. The topological polar surface area (TPSA) is 47.6 Å². The van der Waals surface area contributed by atoms with Crippen LogP contribution in [0.2, 0.25) is 5.02 Å². The Morgan fingerprint density at radius 3 is 2.58 bits per heavy atom. The normalized spacial score (nSPS) is 11.2. The molecule has 24 heavy (non-hydrogen) atoms. The molecule has 128 valence electrons. The molecular formula is C15H10ClF3INO3. The Morgan fingerprint density at radius 2 is 1.92 bits per heavy atom. The fourth-order valence-corrected chi connectivity index (χ4v) is 2.47. The van der Waals surface area contributed by atoms with Crippen LogP contribution in [0, 0.1) is 3.57 Å².